The third kappa shape index (κ3) is 2.76. The Balaban J connectivity index is 2.72. The quantitative estimate of drug-likeness (QED) is 0.766. The molecule has 0 saturated carbocycles. The Hall–Kier alpha value is -1.51. The Bertz CT molecular complexity index is 320. The maximum Gasteiger partial charge on any atom is 0.115 e. The maximum atomic E-state index is 10.6. The number of carboxylic acid groups (broad SMARTS) is 1. The van der Waals surface area contributed by atoms with Gasteiger partial charge in [0, 0.05) is 11.9 Å². The van der Waals surface area contributed by atoms with Gasteiger partial charge in [0.1, 0.15) is 5.75 Å². The molecule has 1 rings (SSSR count). The zero-order chi connectivity index (χ0) is 10.6. The molecule has 0 spiro atoms. The number of hydrogen-bond acceptors (Lipinski definition) is 3. The lowest BCUT2D eigenvalue weighted by Crippen LogP contribution is -2.32. The lowest BCUT2D eigenvalue weighted by atomic mass is 9.97. The summed E-state index contributed by atoms with van der Waals surface area (Å²) >= 11 is 0. The summed E-state index contributed by atoms with van der Waals surface area (Å²) in [6.07, 6.45) is 0.950. The fourth-order valence-corrected chi connectivity index (χ4v) is 1.36. The first-order valence-corrected chi connectivity index (χ1v) is 4.62. The summed E-state index contributed by atoms with van der Waals surface area (Å²) in [4.78, 5) is 10.6. The highest BCUT2D eigenvalue weighted by Crippen LogP contribution is 2.16. The molecule has 3 heteroatoms. The van der Waals surface area contributed by atoms with Gasteiger partial charge in [0.15, 0.2) is 0 Å². The Labute approximate surface area is 83.0 Å². The van der Waals surface area contributed by atoms with Crippen molar-refractivity contribution in [3.8, 4) is 5.75 Å². The van der Waals surface area contributed by atoms with Crippen molar-refractivity contribution in [3.05, 3.63) is 29.8 Å². The molecule has 76 valence electrons. The number of phenols is 1. The molecule has 0 aliphatic carbocycles. The van der Waals surface area contributed by atoms with Gasteiger partial charge in [-0.15, -0.1) is 0 Å². The first-order chi connectivity index (χ1) is 6.63. The van der Waals surface area contributed by atoms with Crippen LogP contribution in [-0.4, -0.2) is 11.1 Å². The largest absolute Gasteiger partial charge is 0.550 e. The highest BCUT2D eigenvalue weighted by atomic mass is 16.4. The summed E-state index contributed by atoms with van der Waals surface area (Å²) in [5, 5.41) is 19.8. The molecule has 0 unspecified atom stereocenters. The summed E-state index contributed by atoms with van der Waals surface area (Å²) < 4.78 is 0. The van der Waals surface area contributed by atoms with Crippen LogP contribution in [0.15, 0.2) is 24.3 Å². The molecule has 0 aliphatic heterocycles. The molecule has 0 saturated heterocycles. The number of aliphatic carboxylic acids is 1. The molecule has 0 fully saturated rings. The Morgan fingerprint density at radius 2 is 2.29 bits per heavy atom. The number of hydrogen-bond donors (Lipinski definition) is 1. The predicted molar refractivity (Wildman–Crippen MR) is 50.6 cm³/mol. The van der Waals surface area contributed by atoms with Gasteiger partial charge in [0.05, 0.1) is 0 Å². The van der Waals surface area contributed by atoms with E-state index < -0.39 is 11.9 Å². The molecule has 0 amide bonds. The molecular weight excluding hydrogens is 180 g/mol. The van der Waals surface area contributed by atoms with Crippen molar-refractivity contribution >= 4 is 5.97 Å². The first-order valence-electron chi connectivity index (χ1n) is 4.62. The van der Waals surface area contributed by atoms with E-state index in [0.717, 1.165) is 5.56 Å². The highest BCUT2D eigenvalue weighted by Gasteiger charge is 2.08. The predicted octanol–water partition coefficient (Wildman–Crippen LogP) is 0.711. The monoisotopic (exact) mass is 193 g/mol. The minimum Gasteiger partial charge on any atom is -0.550 e. The smallest absolute Gasteiger partial charge is 0.115 e. The number of carboxylic acids is 1. The molecular formula is C11H13O3-. The van der Waals surface area contributed by atoms with Gasteiger partial charge >= 0.3 is 0 Å². The molecule has 0 heterocycles. The number of carbonyl (C=O) groups is 1. The van der Waals surface area contributed by atoms with Crippen LogP contribution in [0.5, 0.6) is 5.75 Å². The van der Waals surface area contributed by atoms with Crippen molar-refractivity contribution in [3.63, 3.8) is 0 Å². The zero-order valence-electron chi connectivity index (χ0n) is 8.06. The maximum absolute atomic E-state index is 10.6. The van der Waals surface area contributed by atoms with Crippen molar-refractivity contribution in [1.82, 2.24) is 0 Å². The number of phenolic OH excluding ortho intramolecular Hbond substituents is 1. The minimum absolute atomic E-state index is 0.163. The summed E-state index contributed by atoms with van der Waals surface area (Å²) in [5.41, 5.74) is 0.820. The highest BCUT2D eigenvalue weighted by molar-refractivity contribution is 5.68. The van der Waals surface area contributed by atoms with E-state index >= 15 is 0 Å². The van der Waals surface area contributed by atoms with Gasteiger partial charge in [0.25, 0.3) is 0 Å². The summed E-state index contributed by atoms with van der Waals surface area (Å²) in [6.45, 7) is 1.81. The van der Waals surface area contributed by atoms with Crippen LogP contribution < -0.4 is 5.11 Å². The Morgan fingerprint density at radius 3 is 2.79 bits per heavy atom. The van der Waals surface area contributed by atoms with Crippen LogP contribution in [0.3, 0.4) is 0 Å². The van der Waals surface area contributed by atoms with E-state index in [4.69, 9.17) is 0 Å². The van der Waals surface area contributed by atoms with Gasteiger partial charge in [-0.3, -0.25) is 0 Å². The van der Waals surface area contributed by atoms with Crippen molar-refractivity contribution in [1.29, 1.82) is 0 Å². The van der Waals surface area contributed by atoms with Crippen LogP contribution in [0.25, 0.3) is 0 Å². The van der Waals surface area contributed by atoms with Gasteiger partial charge in [-0.1, -0.05) is 19.1 Å². The number of benzene rings is 1. The molecule has 0 bridgehead atoms. The van der Waals surface area contributed by atoms with E-state index in [9.17, 15) is 15.0 Å². The van der Waals surface area contributed by atoms with E-state index in [1.807, 2.05) is 6.92 Å². The summed E-state index contributed by atoms with van der Waals surface area (Å²) in [7, 11) is 0. The van der Waals surface area contributed by atoms with E-state index in [-0.39, 0.29) is 5.75 Å². The topological polar surface area (TPSA) is 60.4 Å². The fourth-order valence-electron chi connectivity index (χ4n) is 1.36. The standard InChI is InChI=1S/C11H14O3/c1-2-9(11(13)14)6-8-4-3-5-10(12)7-8/h3-5,7,9,12H,2,6H2,1H3,(H,13,14)/p-1/t9-/m0/s1. The van der Waals surface area contributed by atoms with Crippen LogP contribution in [0.2, 0.25) is 0 Å². The molecule has 0 aliphatic rings. The molecule has 0 radical (unpaired) electrons. The van der Waals surface area contributed by atoms with Gasteiger partial charge < -0.3 is 15.0 Å². The van der Waals surface area contributed by atoms with E-state index in [2.05, 4.69) is 0 Å². The molecule has 1 N–H and O–H groups in total. The van der Waals surface area contributed by atoms with E-state index in [1.165, 1.54) is 0 Å². The summed E-state index contributed by atoms with van der Waals surface area (Å²) in [6, 6.07) is 6.63. The van der Waals surface area contributed by atoms with Crippen LogP contribution >= 0.6 is 0 Å². The second-order valence-corrected chi connectivity index (χ2v) is 3.30. The first kappa shape index (κ1) is 10.6. The summed E-state index contributed by atoms with van der Waals surface area (Å²) in [5.74, 6) is -1.34. The van der Waals surface area contributed by atoms with Gasteiger partial charge in [-0.2, -0.15) is 0 Å². The Morgan fingerprint density at radius 1 is 1.57 bits per heavy atom. The average Bonchev–Trinajstić information content (AvgIpc) is 2.14. The van der Waals surface area contributed by atoms with Crippen LogP contribution in [0.1, 0.15) is 18.9 Å². The average molecular weight is 193 g/mol. The van der Waals surface area contributed by atoms with Crippen molar-refractivity contribution < 1.29 is 15.0 Å². The van der Waals surface area contributed by atoms with E-state index in [1.54, 1.807) is 24.3 Å². The second-order valence-electron chi connectivity index (χ2n) is 3.30. The molecule has 1 aromatic rings. The minimum atomic E-state index is -1.03. The third-order valence-electron chi connectivity index (χ3n) is 2.22. The molecule has 0 aromatic heterocycles. The lowest BCUT2D eigenvalue weighted by molar-refractivity contribution is -0.311. The number of carbonyl (C=O) groups excluding carboxylic acids is 1. The van der Waals surface area contributed by atoms with Gasteiger partial charge in [-0.05, 0) is 30.5 Å². The van der Waals surface area contributed by atoms with Crippen LogP contribution in [0, 0.1) is 5.92 Å². The van der Waals surface area contributed by atoms with E-state index in [0.29, 0.717) is 12.8 Å². The molecule has 1 atom stereocenters. The van der Waals surface area contributed by atoms with Crippen LogP contribution in [0.4, 0.5) is 0 Å². The SMILES string of the molecule is CC[C@@H](Cc1cccc(O)c1)C(=O)[O-]. The fraction of sp³-hybridized carbons (Fsp3) is 0.364. The second kappa shape index (κ2) is 4.65. The normalized spacial score (nSPS) is 12.4. The molecule has 1 aromatic carbocycles. The molecule has 14 heavy (non-hydrogen) atoms. The Kier molecular flexibility index (Phi) is 3.51. The lowest BCUT2D eigenvalue weighted by Gasteiger charge is -2.15. The van der Waals surface area contributed by atoms with Gasteiger partial charge in [0.2, 0.25) is 0 Å². The third-order valence-corrected chi connectivity index (χ3v) is 2.22. The van der Waals surface area contributed by atoms with Crippen molar-refractivity contribution in [2.45, 2.75) is 19.8 Å². The number of rotatable bonds is 4. The van der Waals surface area contributed by atoms with Gasteiger partial charge in [-0.25, -0.2) is 0 Å². The molecule has 3 nitrogen and oxygen atoms in total. The zero-order valence-corrected chi connectivity index (χ0v) is 8.06. The van der Waals surface area contributed by atoms with Crippen molar-refractivity contribution in [2.75, 3.05) is 0 Å². The van der Waals surface area contributed by atoms with Crippen molar-refractivity contribution in [2.24, 2.45) is 5.92 Å². The van der Waals surface area contributed by atoms with Crippen LogP contribution in [-0.2, 0) is 11.2 Å². The number of aromatic hydroxyl groups is 1.